The molecule has 0 fully saturated rings. The molecule has 3 rings (SSSR count). The van der Waals surface area contributed by atoms with Gasteiger partial charge in [-0.1, -0.05) is 18.2 Å². The molecule has 0 saturated heterocycles. The summed E-state index contributed by atoms with van der Waals surface area (Å²) in [6.45, 7) is 0. The predicted molar refractivity (Wildman–Crippen MR) is 84.5 cm³/mol. The molecule has 3 aromatic rings. The van der Waals surface area contributed by atoms with Crippen molar-refractivity contribution in [2.45, 2.75) is 0 Å². The number of esters is 1. The van der Waals surface area contributed by atoms with Crippen LogP contribution >= 0.6 is 0 Å². The molecule has 2 aromatic carbocycles. The maximum absolute atomic E-state index is 12.0. The van der Waals surface area contributed by atoms with Gasteiger partial charge in [-0.05, 0) is 30.3 Å². The molecule has 0 spiro atoms. The minimum Gasteiger partial charge on any atom is -0.506 e. The molecule has 1 aromatic heterocycles. The van der Waals surface area contributed by atoms with E-state index in [2.05, 4.69) is 10.3 Å². The van der Waals surface area contributed by atoms with Crippen LogP contribution in [0.4, 0.5) is 11.4 Å². The number of aromatic nitrogens is 1. The van der Waals surface area contributed by atoms with Gasteiger partial charge in [0.25, 0.3) is 0 Å². The average Bonchev–Trinajstić information content (AvgIpc) is 2.57. The maximum Gasteiger partial charge on any atom is 0.340 e. The van der Waals surface area contributed by atoms with Crippen LogP contribution in [0.5, 0.6) is 5.75 Å². The zero-order valence-corrected chi connectivity index (χ0v) is 11.9. The van der Waals surface area contributed by atoms with Crippen LogP contribution in [0.25, 0.3) is 10.9 Å². The molecule has 110 valence electrons. The fraction of sp³-hybridized carbons (Fsp3) is 0.0588. The van der Waals surface area contributed by atoms with Gasteiger partial charge >= 0.3 is 5.97 Å². The Hall–Kier alpha value is -3.08. The van der Waals surface area contributed by atoms with Crippen LogP contribution in [0.3, 0.4) is 0 Å². The van der Waals surface area contributed by atoms with E-state index in [1.54, 1.807) is 18.3 Å². The Labute approximate surface area is 127 Å². The number of hydrogen-bond acceptors (Lipinski definition) is 5. The summed E-state index contributed by atoms with van der Waals surface area (Å²) in [5, 5.41) is 13.9. The van der Waals surface area contributed by atoms with Crippen molar-refractivity contribution in [3.05, 3.63) is 60.3 Å². The normalized spacial score (nSPS) is 10.4. The number of rotatable bonds is 3. The highest BCUT2D eigenvalue weighted by atomic mass is 16.5. The van der Waals surface area contributed by atoms with Crippen molar-refractivity contribution in [3.63, 3.8) is 0 Å². The van der Waals surface area contributed by atoms with Crippen LogP contribution in [-0.4, -0.2) is 23.2 Å². The highest BCUT2D eigenvalue weighted by molar-refractivity contribution is 6.08. The monoisotopic (exact) mass is 294 g/mol. The van der Waals surface area contributed by atoms with E-state index >= 15 is 0 Å². The van der Waals surface area contributed by atoms with Gasteiger partial charge in [0.15, 0.2) is 0 Å². The van der Waals surface area contributed by atoms with E-state index in [-0.39, 0.29) is 11.3 Å². The Morgan fingerprint density at radius 3 is 2.68 bits per heavy atom. The number of benzene rings is 2. The second kappa shape index (κ2) is 5.73. The Balaban J connectivity index is 2.24. The quantitative estimate of drug-likeness (QED) is 0.571. The van der Waals surface area contributed by atoms with Gasteiger partial charge < -0.3 is 15.2 Å². The summed E-state index contributed by atoms with van der Waals surface area (Å²) in [7, 11) is 1.30. The Morgan fingerprint density at radius 1 is 1.18 bits per heavy atom. The number of para-hydroxylation sites is 1. The van der Waals surface area contributed by atoms with Gasteiger partial charge in [-0.15, -0.1) is 0 Å². The summed E-state index contributed by atoms with van der Waals surface area (Å²) in [6, 6.07) is 14.4. The fourth-order valence-corrected chi connectivity index (χ4v) is 2.30. The largest absolute Gasteiger partial charge is 0.506 e. The third-order valence-electron chi connectivity index (χ3n) is 3.32. The van der Waals surface area contributed by atoms with Gasteiger partial charge in [0, 0.05) is 17.3 Å². The van der Waals surface area contributed by atoms with Crippen molar-refractivity contribution < 1.29 is 14.6 Å². The number of phenols is 1. The SMILES string of the molecule is COC(=O)c1cc(O)c2ncccc2c1Nc1ccccc1. The zero-order valence-electron chi connectivity index (χ0n) is 11.9. The molecule has 0 bridgehead atoms. The lowest BCUT2D eigenvalue weighted by Crippen LogP contribution is -2.06. The minimum absolute atomic E-state index is 0.0605. The number of phenolic OH excluding ortho intramolecular Hbond substituents is 1. The fourth-order valence-electron chi connectivity index (χ4n) is 2.30. The van der Waals surface area contributed by atoms with E-state index in [1.807, 2.05) is 30.3 Å². The lowest BCUT2D eigenvalue weighted by atomic mass is 10.1. The number of methoxy groups -OCH3 is 1. The summed E-state index contributed by atoms with van der Waals surface area (Å²) >= 11 is 0. The molecule has 22 heavy (non-hydrogen) atoms. The van der Waals surface area contributed by atoms with E-state index in [0.717, 1.165) is 5.69 Å². The van der Waals surface area contributed by atoms with Crippen LogP contribution in [0.15, 0.2) is 54.7 Å². The lowest BCUT2D eigenvalue weighted by Gasteiger charge is -2.14. The first-order valence-electron chi connectivity index (χ1n) is 6.72. The molecule has 1 heterocycles. The van der Waals surface area contributed by atoms with Gasteiger partial charge in [-0.2, -0.15) is 0 Å². The van der Waals surface area contributed by atoms with Gasteiger partial charge in [-0.25, -0.2) is 4.79 Å². The maximum atomic E-state index is 12.0. The van der Waals surface area contributed by atoms with E-state index in [9.17, 15) is 9.90 Å². The summed E-state index contributed by atoms with van der Waals surface area (Å²) in [4.78, 5) is 16.2. The molecule has 0 aliphatic heterocycles. The number of aromatic hydroxyl groups is 1. The molecule has 0 atom stereocenters. The number of ether oxygens (including phenoxy) is 1. The molecule has 5 nitrogen and oxygen atoms in total. The second-order valence-electron chi connectivity index (χ2n) is 4.70. The standard InChI is InChI=1S/C17H14N2O3/c1-22-17(21)13-10-14(20)16-12(8-5-9-18-16)15(13)19-11-6-3-2-4-7-11/h2-10,19-20H,1H3. The van der Waals surface area contributed by atoms with E-state index < -0.39 is 5.97 Å². The molecular weight excluding hydrogens is 280 g/mol. The number of nitrogens with zero attached hydrogens (tertiary/aromatic N) is 1. The van der Waals surface area contributed by atoms with E-state index in [1.165, 1.54) is 13.2 Å². The molecule has 0 aliphatic rings. The molecule has 2 N–H and O–H groups in total. The Morgan fingerprint density at radius 2 is 1.95 bits per heavy atom. The highest BCUT2D eigenvalue weighted by Gasteiger charge is 2.18. The summed E-state index contributed by atoms with van der Waals surface area (Å²) in [6.07, 6.45) is 1.59. The first-order valence-corrected chi connectivity index (χ1v) is 6.72. The van der Waals surface area contributed by atoms with Gasteiger partial charge in [-0.3, -0.25) is 4.98 Å². The Bertz CT molecular complexity index is 832. The second-order valence-corrected chi connectivity index (χ2v) is 4.70. The highest BCUT2D eigenvalue weighted by Crippen LogP contribution is 2.35. The van der Waals surface area contributed by atoms with Crippen LogP contribution in [0.1, 0.15) is 10.4 Å². The third-order valence-corrected chi connectivity index (χ3v) is 3.32. The van der Waals surface area contributed by atoms with Crippen molar-refractivity contribution in [1.29, 1.82) is 0 Å². The van der Waals surface area contributed by atoms with Crippen LogP contribution in [0.2, 0.25) is 0 Å². The molecule has 0 saturated carbocycles. The van der Waals surface area contributed by atoms with Crippen LogP contribution in [-0.2, 0) is 4.74 Å². The first-order chi connectivity index (χ1) is 10.7. The van der Waals surface area contributed by atoms with Crippen molar-refractivity contribution in [2.75, 3.05) is 12.4 Å². The molecule has 5 heteroatoms. The topological polar surface area (TPSA) is 71.5 Å². The molecular formula is C17H14N2O3. The van der Waals surface area contributed by atoms with Crippen molar-refractivity contribution >= 4 is 28.2 Å². The number of carbonyl (C=O) groups excluding carboxylic acids is 1. The molecule has 0 aliphatic carbocycles. The van der Waals surface area contributed by atoms with Crippen LogP contribution < -0.4 is 5.32 Å². The third kappa shape index (κ3) is 2.44. The number of hydrogen-bond donors (Lipinski definition) is 2. The summed E-state index contributed by atoms with van der Waals surface area (Å²) < 4.78 is 4.81. The number of pyridine rings is 1. The average molecular weight is 294 g/mol. The van der Waals surface area contributed by atoms with Crippen LogP contribution in [0, 0.1) is 0 Å². The van der Waals surface area contributed by atoms with E-state index in [0.29, 0.717) is 16.6 Å². The lowest BCUT2D eigenvalue weighted by molar-refractivity contribution is 0.0601. The number of fused-ring (bicyclic) bond motifs is 1. The molecule has 0 amide bonds. The van der Waals surface area contributed by atoms with E-state index in [4.69, 9.17) is 4.74 Å². The van der Waals surface area contributed by atoms with Crippen molar-refractivity contribution in [2.24, 2.45) is 0 Å². The molecule has 0 radical (unpaired) electrons. The van der Waals surface area contributed by atoms with Gasteiger partial charge in [0.1, 0.15) is 11.3 Å². The minimum atomic E-state index is -0.528. The summed E-state index contributed by atoms with van der Waals surface area (Å²) in [5.74, 6) is -0.589. The summed E-state index contributed by atoms with van der Waals surface area (Å²) in [5.41, 5.74) is 2.06. The molecule has 0 unspecified atom stereocenters. The Kier molecular flexibility index (Phi) is 3.62. The van der Waals surface area contributed by atoms with Crippen molar-refractivity contribution in [1.82, 2.24) is 4.98 Å². The first kappa shape index (κ1) is 13.9. The van der Waals surface area contributed by atoms with Gasteiger partial charge in [0.2, 0.25) is 0 Å². The smallest absolute Gasteiger partial charge is 0.340 e. The van der Waals surface area contributed by atoms with Crippen molar-refractivity contribution in [3.8, 4) is 5.75 Å². The predicted octanol–water partition coefficient (Wildman–Crippen LogP) is 3.47. The van der Waals surface area contributed by atoms with Gasteiger partial charge in [0.05, 0.1) is 18.4 Å². The zero-order chi connectivity index (χ0) is 15.5. The number of nitrogens with one attached hydrogen (secondary N) is 1. The number of anilines is 2. The number of carbonyl (C=O) groups is 1.